The summed E-state index contributed by atoms with van der Waals surface area (Å²) >= 11 is 1.69. The zero-order chi connectivity index (χ0) is 18.5. The summed E-state index contributed by atoms with van der Waals surface area (Å²) in [7, 11) is 1.98. The van der Waals surface area contributed by atoms with Gasteiger partial charge in [-0.3, -0.25) is 9.69 Å². The molecule has 3 aromatic rings. The van der Waals surface area contributed by atoms with Crippen molar-refractivity contribution in [2.45, 2.75) is 33.0 Å². The van der Waals surface area contributed by atoms with Gasteiger partial charge < -0.3 is 4.90 Å². The quantitative estimate of drug-likeness (QED) is 0.629. The van der Waals surface area contributed by atoms with E-state index < -0.39 is 0 Å². The minimum atomic E-state index is 0.146. The zero-order valence-electron chi connectivity index (χ0n) is 15.6. The lowest BCUT2D eigenvalue weighted by molar-refractivity contribution is -0.134. The van der Waals surface area contributed by atoms with E-state index >= 15 is 0 Å². The lowest BCUT2D eigenvalue weighted by Crippen LogP contribution is -2.42. The molecule has 26 heavy (non-hydrogen) atoms. The van der Waals surface area contributed by atoms with Crippen LogP contribution in [0.1, 0.15) is 24.4 Å². The Bertz CT molecular complexity index is 827. The molecule has 1 amide bonds. The molecule has 5 heteroatoms. The van der Waals surface area contributed by atoms with Gasteiger partial charge in [0.25, 0.3) is 0 Å². The molecule has 2 aromatic carbocycles. The summed E-state index contributed by atoms with van der Waals surface area (Å²) in [5, 5.41) is 1.04. The van der Waals surface area contributed by atoms with E-state index in [0.29, 0.717) is 19.6 Å². The second-order valence-corrected chi connectivity index (χ2v) is 7.96. The van der Waals surface area contributed by atoms with Gasteiger partial charge in [0.15, 0.2) is 0 Å². The fourth-order valence-electron chi connectivity index (χ4n) is 2.93. The Labute approximate surface area is 159 Å². The smallest absolute Gasteiger partial charge is 0.237 e. The van der Waals surface area contributed by atoms with E-state index in [1.54, 1.807) is 11.3 Å². The minimum Gasteiger partial charge on any atom is -0.335 e. The highest BCUT2D eigenvalue weighted by Gasteiger charge is 2.19. The fraction of sp³-hybridized carbons (Fsp3) is 0.333. The summed E-state index contributed by atoms with van der Waals surface area (Å²) < 4.78 is 1.19. The van der Waals surface area contributed by atoms with Crippen molar-refractivity contribution in [2.75, 3.05) is 13.6 Å². The Balaban J connectivity index is 1.62. The molecule has 0 aliphatic heterocycles. The monoisotopic (exact) mass is 367 g/mol. The molecular formula is C21H25N3OS. The van der Waals surface area contributed by atoms with Crippen molar-refractivity contribution < 1.29 is 4.79 Å². The van der Waals surface area contributed by atoms with E-state index in [1.165, 1.54) is 4.70 Å². The number of fused-ring (bicyclic) bond motifs is 1. The third-order valence-corrected chi connectivity index (χ3v) is 5.31. The number of carbonyl (C=O) groups excluding carboxylic acids is 1. The van der Waals surface area contributed by atoms with Crippen LogP contribution in [0.4, 0.5) is 0 Å². The maximum atomic E-state index is 12.8. The van der Waals surface area contributed by atoms with Crippen molar-refractivity contribution >= 4 is 27.5 Å². The molecule has 0 saturated heterocycles. The summed E-state index contributed by atoms with van der Waals surface area (Å²) in [6.45, 7) is 5.85. The molecule has 0 spiro atoms. The van der Waals surface area contributed by atoms with E-state index in [0.717, 1.165) is 16.1 Å². The van der Waals surface area contributed by atoms with Gasteiger partial charge in [0.05, 0.1) is 23.3 Å². The molecule has 0 fully saturated rings. The number of aromatic nitrogens is 1. The number of para-hydroxylation sites is 1. The molecule has 0 saturated carbocycles. The van der Waals surface area contributed by atoms with Crippen LogP contribution in [0.2, 0.25) is 0 Å². The largest absolute Gasteiger partial charge is 0.335 e. The molecule has 136 valence electrons. The molecule has 0 radical (unpaired) electrons. The van der Waals surface area contributed by atoms with E-state index in [2.05, 4.69) is 37.0 Å². The van der Waals surface area contributed by atoms with Gasteiger partial charge in [-0.15, -0.1) is 11.3 Å². The Kier molecular flexibility index (Phi) is 6.01. The van der Waals surface area contributed by atoms with Crippen LogP contribution in [0, 0.1) is 0 Å². The lowest BCUT2D eigenvalue weighted by atomic mass is 10.2. The van der Waals surface area contributed by atoms with Crippen LogP contribution in [0.5, 0.6) is 0 Å². The summed E-state index contributed by atoms with van der Waals surface area (Å²) in [6, 6.07) is 18.5. The number of thiazole rings is 1. The lowest BCUT2D eigenvalue weighted by Gasteiger charge is -2.29. The number of rotatable bonds is 7. The second kappa shape index (κ2) is 8.43. The third-order valence-electron chi connectivity index (χ3n) is 4.29. The maximum Gasteiger partial charge on any atom is 0.237 e. The standard InChI is InChI=1S/C21H25N3OS/c1-16(2)24(13-17-9-5-4-6-10-17)21(25)15-23(3)14-20-22-18-11-7-8-12-19(18)26-20/h4-12,16H,13-15H2,1-3H3. The van der Waals surface area contributed by atoms with Gasteiger partial charge in [-0.25, -0.2) is 4.98 Å². The Hall–Kier alpha value is -2.24. The fourth-order valence-corrected chi connectivity index (χ4v) is 3.98. The highest BCUT2D eigenvalue weighted by Crippen LogP contribution is 2.22. The van der Waals surface area contributed by atoms with Crippen molar-refractivity contribution in [3.05, 3.63) is 65.2 Å². The molecule has 0 bridgehead atoms. The molecule has 3 rings (SSSR count). The van der Waals surface area contributed by atoms with Gasteiger partial charge in [0, 0.05) is 12.6 Å². The van der Waals surface area contributed by atoms with Crippen LogP contribution >= 0.6 is 11.3 Å². The summed E-state index contributed by atoms with van der Waals surface area (Å²) in [6.07, 6.45) is 0. The normalized spacial score (nSPS) is 11.4. The SMILES string of the molecule is CC(C)N(Cc1ccccc1)C(=O)CN(C)Cc1nc2ccccc2s1. The summed E-state index contributed by atoms with van der Waals surface area (Å²) in [5.41, 5.74) is 2.18. The Morgan fingerprint density at radius 1 is 1.04 bits per heavy atom. The highest BCUT2D eigenvalue weighted by molar-refractivity contribution is 7.18. The molecule has 0 unspecified atom stereocenters. The number of hydrogen-bond acceptors (Lipinski definition) is 4. The number of hydrogen-bond donors (Lipinski definition) is 0. The molecule has 1 heterocycles. The first-order valence-corrected chi connectivity index (χ1v) is 9.71. The van der Waals surface area contributed by atoms with Crippen LogP contribution in [-0.2, 0) is 17.9 Å². The van der Waals surface area contributed by atoms with Gasteiger partial charge in [-0.05, 0) is 38.6 Å². The van der Waals surface area contributed by atoms with Crippen LogP contribution in [0.25, 0.3) is 10.2 Å². The highest BCUT2D eigenvalue weighted by atomic mass is 32.1. The number of nitrogens with zero attached hydrogens (tertiary/aromatic N) is 3. The first-order chi connectivity index (χ1) is 12.5. The molecule has 0 aliphatic carbocycles. The molecule has 4 nitrogen and oxygen atoms in total. The van der Waals surface area contributed by atoms with Crippen molar-refractivity contribution in [1.82, 2.24) is 14.8 Å². The predicted octanol–water partition coefficient (Wildman–Crippen LogP) is 4.17. The molecule has 0 N–H and O–H groups in total. The Morgan fingerprint density at radius 3 is 2.42 bits per heavy atom. The number of likely N-dealkylation sites (N-methyl/N-ethyl adjacent to an activating group) is 1. The molecule has 0 atom stereocenters. The third kappa shape index (κ3) is 4.68. The first-order valence-electron chi connectivity index (χ1n) is 8.89. The van der Waals surface area contributed by atoms with Gasteiger partial charge in [0.1, 0.15) is 5.01 Å². The van der Waals surface area contributed by atoms with Gasteiger partial charge in [0.2, 0.25) is 5.91 Å². The van der Waals surface area contributed by atoms with Crippen LogP contribution < -0.4 is 0 Å². The topological polar surface area (TPSA) is 36.4 Å². The average molecular weight is 368 g/mol. The molecular weight excluding hydrogens is 342 g/mol. The van der Waals surface area contributed by atoms with E-state index in [1.807, 2.05) is 53.2 Å². The first kappa shape index (κ1) is 18.5. The minimum absolute atomic E-state index is 0.146. The zero-order valence-corrected chi connectivity index (χ0v) is 16.4. The predicted molar refractivity (Wildman–Crippen MR) is 108 cm³/mol. The van der Waals surface area contributed by atoms with Gasteiger partial charge in [-0.1, -0.05) is 42.5 Å². The van der Waals surface area contributed by atoms with Crippen LogP contribution in [-0.4, -0.2) is 40.3 Å². The molecule has 0 aliphatic rings. The van der Waals surface area contributed by atoms with Crippen molar-refractivity contribution in [3.63, 3.8) is 0 Å². The molecule has 1 aromatic heterocycles. The number of amides is 1. The summed E-state index contributed by atoms with van der Waals surface area (Å²) in [5.74, 6) is 0.146. The number of benzene rings is 2. The summed E-state index contributed by atoms with van der Waals surface area (Å²) in [4.78, 5) is 21.5. The van der Waals surface area contributed by atoms with Gasteiger partial charge >= 0.3 is 0 Å². The van der Waals surface area contributed by atoms with E-state index in [4.69, 9.17) is 0 Å². The van der Waals surface area contributed by atoms with E-state index in [9.17, 15) is 4.79 Å². The van der Waals surface area contributed by atoms with Crippen molar-refractivity contribution in [1.29, 1.82) is 0 Å². The van der Waals surface area contributed by atoms with Gasteiger partial charge in [-0.2, -0.15) is 0 Å². The van der Waals surface area contributed by atoms with Crippen LogP contribution in [0.15, 0.2) is 54.6 Å². The van der Waals surface area contributed by atoms with Crippen molar-refractivity contribution in [3.8, 4) is 0 Å². The van der Waals surface area contributed by atoms with Crippen LogP contribution in [0.3, 0.4) is 0 Å². The van der Waals surface area contributed by atoms with E-state index in [-0.39, 0.29) is 11.9 Å². The second-order valence-electron chi connectivity index (χ2n) is 6.85. The van der Waals surface area contributed by atoms with Crippen molar-refractivity contribution in [2.24, 2.45) is 0 Å². The number of carbonyl (C=O) groups is 1. The maximum absolute atomic E-state index is 12.8. The average Bonchev–Trinajstić information content (AvgIpc) is 3.02. The Morgan fingerprint density at radius 2 is 1.73 bits per heavy atom.